The molecule has 0 amide bonds. The van der Waals surface area contributed by atoms with Crippen molar-refractivity contribution in [3.05, 3.63) is 35.9 Å². The Bertz CT molecular complexity index is 615. The Morgan fingerprint density at radius 2 is 1.69 bits per heavy atom. The molecule has 1 saturated carbocycles. The van der Waals surface area contributed by atoms with Crippen molar-refractivity contribution in [1.29, 1.82) is 0 Å². The van der Waals surface area contributed by atoms with Gasteiger partial charge in [-0.1, -0.05) is 57.0 Å². The number of likely N-dealkylation sites (N-methyl/N-ethyl adjacent to an activating group) is 1. The van der Waals surface area contributed by atoms with E-state index in [1.165, 1.54) is 64.0 Å². The molecule has 5 nitrogen and oxygen atoms in total. The van der Waals surface area contributed by atoms with Gasteiger partial charge in [0.05, 0.1) is 0 Å². The number of nitrogens with one attached hydrogen (secondary N) is 2. The van der Waals surface area contributed by atoms with E-state index in [1.54, 1.807) is 0 Å². The number of hydrogen-bond donors (Lipinski definition) is 2. The van der Waals surface area contributed by atoms with Crippen LogP contribution in [0.4, 0.5) is 0 Å². The van der Waals surface area contributed by atoms with Crippen molar-refractivity contribution in [1.82, 2.24) is 20.4 Å². The Hall–Kier alpha value is -1.59. The van der Waals surface area contributed by atoms with Gasteiger partial charge in [-0.25, -0.2) is 0 Å². The van der Waals surface area contributed by atoms with Crippen LogP contribution >= 0.6 is 0 Å². The first-order valence-electron chi connectivity index (χ1n) is 11.6. The lowest BCUT2D eigenvalue weighted by atomic mass is 9.79. The third kappa shape index (κ3) is 6.19. The smallest absolute Gasteiger partial charge is 0.191 e. The molecular formula is C24H41N5. The standard InChI is InChI=1S/C24H41N5/c1-4-28-14-16-29(17-15-28)19-21(2)18-26-23(25-3)27-20-24(12-8-9-13-24)22-10-6-5-7-11-22/h5-7,10-11,21H,4,8-9,12-20H2,1-3H3,(H2,25,26,27). The summed E-state index contributed by atoms with van der Waals surface area (Å²) in [6.07, 6.45) is 5.18. The van der Waals surface area contributed by atoms with Crippen LogP contribution in [0.5, 0.6) is 0 Å². The molecule has 2 fully saturated rings. The zero-order valence-corrected chi connectivity index (χ0v) is 18.8. The molecule has 1 unspecified atom stereocenters. The van der Waals surface area contributed by atoms with Crippen LogP contribution in [0.3, 0.4) is 0 Å². The van der Waals surface area contributed by atoms with Gasteiger partial charge in [0.2, 0.25) is 0 Å². The van der Waals surface area contributed by atoms with Gasteiger partial charge in [-0.15, -0.1) is 0 Å². The number of guanidine groups is 1. The molecule has 162 valence electrons. The van der Waals surface area contributed by atoms with E-state index in [0.717, 1.165) is 25.6 Å². The van der Waals surface area contributed by atoms with Crippen molar-refractivity contribution < 1.29 is 0 Å². The molecule has 1 aliphatic carbocycles. The highest BCUT2D eigenvalue weighted by atomic mass is 15.3. The van der Waals surface area contributed by atoms with Crippen molar-refractivity contribution in [2.45, 2.75) is 44.9 Å². The Morgan fingerprint density at radius 3 is 2.31 bits per heavy atom. The molecule has 0 bridgehead atoms. The Morgan fingerprint density at radius 1 is 1.03 bits per heavy atom. The fourth-order valence-electron chi connectivity index (χ4n) is 4.95. The van der Waals surface area contributed by atoms with E-state index in [4.69, 9.17) is 0 Å². The molecule has 0 spiro atoms. The first-order valence-corrected chi connectivity index (χ1v) is 11.6. The minimum absolute atomic E-state index is 0.253. The van der Waals surface area contributed by atoms with Crippen LogP contribution in [0.25, 0.3) is 0 Å². The number of nitrogens with zero attached hydrogens (tertiary/aromatic N) is 3. The number of hydrogen-bond acceptors (Lipinski definition) is 3. The molecular weight excluding hydrogens is 358 g/mol. The summed E-state index contributed by atoms with van der Waals surface area (Å²) in [7, 11) is 1.88. The van der Waals surface area contributed by atoms with Crippen LogP contribution < -0.4 is 10.6 Å². The minimum Gasteiger partial charge on any atom is -0.356 e. The summed E-state index contributed by atoms with van der Waals surface area (Å²) in [6.45, 7) is 13.7. The lowest BCUT2D eigenvalue weighted by Gasteiger charge is -2.35. The fourth-order valence-corrected chi connectivity index (χ4v) is 4.95. The third-order valence-corrected chi connectivity index (χ3v) is 6.86. The zero-order valence-electron chi connectivity index (χ0n) is 18.8. The summed E-state index contributed by atoms with van der Waals surface area (Å²) in [6, 6.07) is 11.0. The van der Waals surface area contributed by atoms with Gasteiger partial charge in [-0.3, -0.25) is 4.99 Å². The second kappa shape index (κ2) is 11.0. The molecule has 1 aliphatic heterocycles. The SMILES string of the molecule is CCN1CCN(CC(C)CNC(=NC)NCC2(c3ccccc3)CCCC2)CC1. The molecule has 1 aromatic carbocycles. The highest BCUT2D eigenvalue weighted by Gasteiger charge is 2.35. The van der Waals surface area contributed by atoms with Crippen LogP contribution in [0.2, 0.25) is 0 Å². The van der Waals surface area contributed by atoms with Crippen molar-refractivity contribution in [2.75, 3.05) is 59.4 Å². The zero-order chi connectivity index (χ0) is 20.5. The van der Waals surface area contributed by atoms with Crippen LogP contribution in [0.15, 0.2) is 35.3 Å². The molecule has 1 atom stereocenters. The summed E-state index contributed by atoms with van der Waals surface area (Å²) in [5.41, 5.74) is 1.73. The molecule has 29 heavy (non-hydrogen) atoms. The van der Waals surface area contributed by atoms with E-state index in [1.807, 2.05) is 7.05 Å². The Kier molecular flexibility index (Phi) is 8.37. The largest absolute Gasteiger partial charge is 0.356 e. The van der Waals surface area contributed by atoms with Gasteiger partial charge in [-0.05, 0) is 30.9 Å². The van der Waals surface area contributed by atoms with Gasteiger partial charge in [0.15, 0.2) is 5.96 Å². The Balaban J connectivity index is 1.44. The molecule has 2 aliphatic rings. The predicted octanol–water partition coefficient (Wildman–Crippen LogP) is 2.94. The highest BCUT2D eigenvalue weighted by Crippen LogP contribution is 2.40. The van der Waals surface area contributed by atoms with E-state index in [2.05, 4.69) is 69.6 Å². The molecule has 0 aromatic heterocycles. The number of aliphatic imine (C=N–C) groups is 1. The molecule has 3 rings (SSSR count). The second-order valence-corrected chi connectivity index (χ2v) is 9.00. The average molecular weight is 400 g/mol. The van der Waals surface area contributed by atoms with E-state index >= 15 is 0 Å². The normalized spacial score (nSPS) is 21.8. The van der Waals surface area contributed by atoms with Gasteiger partial charge < -0.3 is 20.4 Å². The van der Waals surface area contributed by atoms with Gasteiger partial charge >= 0.3 is 0 Å². The molecule has 1 aromatic rings. The maximum Gasteiger partial charge on any atom is 0.191 e. The molecule has 0 radical (unpaired) electrons. The fraction of sp³-hybridized carbons (Fsp3) is 0.708. The van der Waals surface area contributed by atoms with E-state index in [9.17, 15) is 0 Å². The quantitative estimate of drug-likeness (QED) is 0.521. The van der Waals surface area contributed by atoms with Crippen LogP contribution in [0, 0.1) is 5.92 Å². The van der Waals surface area contributed by atoms with Gasteiger partial charge in [0, 0.05) is 58.3 Å². The van der Waals surface area contributed by atoms with E-state index in [0.29, 0.717) is 5.92 Å². The van der Waals surface area contributed by atoms with Crippen LogP contribution in [-0.2, 0) is 5.41 Å². The van der Waals surface area contributed by atoms with Gasteiger partial charge in [-0.2, -0.15) is 0 Å². The molecule has 1 heterocycles. The number of piperazine rings is 1. The molecule has 2 N–H and O–H groups in total. The second-order valence-electron chi connectivity index (χ2n) is 9.00. The lowest BCUT2D eigenvalue weighted by molar-refractivity contribution is 0.124. The maximum absolute atomic E-state index is 4.49. The number of benzene rings is 1. The third-order valence-electron chi connectivity index (χ3n) is 6.86. The van der Waals surface area contributed by atoms with Crippen molar-refractivity contribution in [3.8, 4) is 0 Å². The van der Waals surface area contributed by atoms with Crippen LogP contribution in [0.1, 0.15) is 45.1 Å². The van der Waals surface area contributed by atoms with Crippen molar-refractivity contribution >= 4 is 5.96 Å². The topological polar surface area (TPSA) is 42.9 Å². The first-order chi connectivity index (χ1) is 14.1. The Labute approximate surface area is 178 Å². The van der Waals surface area contributed by atoms with E-state index < -0.39 is 0 Å². The number of rotatable bonds is 8. The summed E-state index contributed by atoms with van der Waals surface area (Å²) in [4.78, 5) is 9.63. The molecule has 1 saturated heterocycles. The first kappa shape index (κ1) is 22.1. The summed E-state index contributed by atoms with van der Waals surface area (Å²) in [5.74, 6) is 1.55. The lowest BCUT2D eigenvalue weighted by Crippen LogP contribution is -2.49. The van der Waals surface area contributed by atoms with E-state index in [-0.39, 0.29) is 5.41 Å². The predicted molar refractivity (Wildman–Crippen MR) is 124 cm³/mol. The highest BCUT2D eigenvalue weighted by molar-refractivity contribution is 5.79. The summed E-state index contributed by atoms with van der Waals surface area (Å²) in [5, 5.41) is 7.21. The van der Waals surface area contributed by atoms with Crippen LogP contribution in [-0.4, -0.2) is 75.2 Å². The summed E-state index contributed by atoms with van der Waals surface area (Å²) >= 11 is 0. The average Bonchev–Trinajstić information content (AvgIpc) is 3.25. The van der Waals surface area contributed by atoms with Crippen molar-refractivity contribution in [2.24, 2.45) is 10.9 Å². The molecule has 5 heteroatoms. The monoisotopic (exact) mass is 399 g/mol. The van der Waals surface area contributed by atoms with Gasteiger partial charge in [0.25, 0.3) is 0 Å². The van der Waals surface area contributed by atoms with Crippen molar-refractivity contribution in [3.63, 3.8) is 0 Å². The van der Waals surface area contributed by atoms with Gasteiger partial charge in [0.1, 0.15) is 0 Å². The summed E-state index contributed by atoms with van der Waals surface area (Å²) < 4.78 is 0. The maximum atomic E-state index is 4.49. The minimum atomic E-state index is 0.253.